The van der Waals surface area contributed by atoms with E-state index in [1.807, 2.05) is 38.7 Å². The molecule has 7 heteroatoms. The van der Waals surface area contributed by atoms with E-state index < -0.39 is 5.60 Å². The molecule has 0 atom stereocenters. The van der Waals surface area contributed by atoms with Crippen molar-refractivity contribution < 1.29 is 14.3 Å². The topological polar surface area (TPSA) is 68.6 Å². The minimum Gasteiger partial charge on any atom is -0.444 e. The molecule has 1 amide bonds. The Hall–Kier alpha value is -1.60. The van der Waals surface area contributed by atoms with Crippen molar-refractivity contribution >= 4 is 6.09 Å². The number of hydrogen-bond acceptors (Lipinski definition) is 5. The van der Waals surface area contributed by atoms with Crippen LogP contribution < -0.4 is 5.32 Å². The summed E-state index contributed by atoms with van der Waals surface area (Å²) in [4.78, 5) is 13.8. The van der Waals surface area contributed by atoms with Crippen LogP contribution in [0, 0.1) is 6.92 Å². The molecule has 2 heterocycles. The van der Waals surface area contributed by atoms with E-state index in [2.05, 4.69) is 17.3 Å². The number of aryl methyl sites for hydroxylation is 1. The van der Waals surface area contributed by atoms with Gasteiger partial charge in [0.2, 0.25) is 0 Å². The van der Waals surface area contributed by atoms with Crippen LogP contribution in [-0.2, 0) is 23.1 Å². The first-order valence-corrected chi connectivity index (χ1v) is 9.04. The molecular formula is C18H32N4O3. The van der Waals surface area contributed by atoms with Crippen molar-refractivity contribution in [2.45, 2.75) is 58.8 Å². The molecule has 1 aliphatic heterocycles. The highest BCUT2D eigenvalue weighted by atomic mass is 16.6. The Balaban J connectivity index is 1.58. The van der Waals surface area contributed by atoms with Crippen LogP contribution in [0.2, 0.25) is 0 Å². The van der Waals surface area contributed by atoms with Gasteiger partial charge in [0, 0.05) is 44.5 Å². The van der Waals surface area contributed by atoms with Crippen molar-refractivity contribution in [1.29, 1.82) is 0 Å². The van der Waals surface area contributed by atoms with Gasteiger partial charge in [0.25, 0.3) is 0 Å². The fraction of sp³-hybridized carbons (Fsp3) is 0.778. The minimum atomic E-state index is -0.442. The van der Waals surface area contributed by atoms with Crippen molar-refractivity contribution in [3.8, 4) is 0 Å². The maximum absolute atomic E-state index is 12.0. The van der Waals surface area contributed by atoms with Gasteiger partial charge in [0.1, 0.15) is 5.60 Å². The third-order valence-corrected chi connectivity index (χ3v) is 4.38. The molecular weight excluding hydrogens is 320 g/mol. The summed E-state index contributed by atoms with van der Waals surface area (Å²) in [5.41, 5.74) is 1.96. The van der Waals surface area contributed by atoms with Gasteiger partial charge in [-0.1, -0.05) is 0 Å². The van der Waals surface area contributed by atoms with Gasteiger partial charge in [-0.2, -0.15) is 5.10 Å². The van der Waals surface area contributed by atoms with Crippen LogP contribution in [0.1, 0.15) is 44.9 Å². The molecule has 0 unspecified atom stereocenters. The van der Waals surface area contributed by atoms with Crippen LogP contribution in [0.15, 0.2) is 6.20 Å². The number of ether oxygens (including phenoxy) is 2. The van der Waals surface area contributed by atoms with E-state index in [-0.39, 0.29) is 12.2 Å². The molecule has 0 spiro atoms. The van der Waals surface area contributed by atoms with Crippen molar-refractivity contribution in [3.05, 3.63) is 17.5 Å². The highest BCUT2D eigenvalue weighted by Crippen LogP contribution is 2.17. The molecule has 1 fully saturated rings. The zero-order valence-electron chi connectivity index (χ0n) is 16.2. The van der Waals surface area contributed by atoms with Gasteiger partial charge < -0.3 is 19.7 Å². The molecule has 25 heavy (non-hydrogen) atoms. The highest BCUT2D eigenvalue weighted by Gasteiger charge is 2.26. The van der Waals surface area contributed by atoms with Crippen molar-refractivity contribution in [1.82, 2.24) is 20.0 Å². The number of nitrogens with zero attached hydrogens (tertiary/aromatic N) is 3. The number of rotatable bonds is 6. The SMILES string of the molecule is Cc1c(CNCCOC2CCN(C(=O)OC(C)(C)C)CC2)cnn1C. The molecule has 1 aromatic heterocycles. The number of nitrogens with one attached hydrogen (secondary N) is 1. The fourth-order valence-corrected chi connectivity index (χ4v) is 2.77. The smallest absolute Gasteiger partial charge is 0.410 e. The molecule has 0 radical (unpaired) electrons. The Morgan fingerprint density at radius 2 is 2.04 bits per heavy atom. The Labute approximate surface area is 150 Å². The van der Waals surface area contributed by atoms with Crippen LogP contribution >= 0.6 is 0 Å². The predicted octanol–water partition coefficient (Wildman–Crippen LogP) is 2.23. The van der Waals surface area contributed by atoms with Crippen molar-refractivity contribution in [2.24, 2.45) is 7.05 Å². The number of aromatic nitrogens is 2. The van der Waals surface area contributed by atoms with E-state index in [4.69, 9.17) is 9.47 Å². The Morgan fingerprint density at radius 3 is 2.60 bits per heavy atom. The molecule has 1 aliphatic rings. The summed E-state index contributed by atoms with van der Waals surface area (Å²) in [5.74, 6) is 0. The van der Waals surface area contributed by atoms with Crippen LogP contribution in [-0.4, -0.2) is 58.7 Å². The molecule has 2 rings (SSSR count). The van der Waals surface area contributed by atoms with Gasteiger partial charge in [0.05, 0.1) is 18.9 Å². The Morgan fingerprint density at radius 1 is 1.36 bits per heavy atom. The number of likely N-dealkylation sites (tertiary alicyclic amines) is 1. The Kier molecular flexibility index (Phi) is 6.84. The number of carbonyl (C=O) groups is 1. The second-order valence-electron chi connectivity index (χ2n) is 7.59. The van der Waals surface area contributed by atoms with Gasteiger partial charge in [-0.05, 0) is 40.5 Å². The molecule has 0 saturated carbocycles. The van der Waals surface area contributed by atoms with Crippen LogP contribution in [0.25, 0.3) is 0 Å². The van der Waals surface area contributed by atoms with E-state index in [1.54, 1.807) is 4.90 Å². The number of hydrogen-bond donors (Lipinski definition) is 1. The van der Waals surface area contributed by atoms with E-state index in [1.165, 1.54) is 11.3 Å². The number of carbonyl (C=O) groups excluding carboxylic acids is 1. The number of amides is 1. The molecule has 1 saturated heterocycles. The molecule has 0 bridgehead atoms. The summed E-state index contributed by atoms with van der Waals surface area (Å²) in [6.45, 7) is 11.4. The average Bonchev–Trinajstić information content (AvgIpc) is 2.85. The lowest BCUT2D eigenvalue weighted by Gasteiger charge is -2.33. The second kappa shape index (κ2) is 8.67. The van der Waals surface area contributed by atoms with Gasteiger partial charge >= 0.3 is 6.09 Å². The third kappa shape index (κ3) is 6.32. The number of piperidine rings is 1. The lowest BCUT2D eigenvalue weighted by atomic mass is 10.1. The first kappa shape index (κ1) is 19.7. The summed E-state index contributed by atoms with van der Waals surface area (Å²) in [5, 5.41) is 7.62. The van der Waals surface area contributed by atoms with Crippen molar-refractivity contribution in [2.75, 3.05) is 26.2 Å². The second-order valence-corrected chi connectivity index (χ2v) is 7.59. The summed E-state index contributed by atoms with van der Waals surface area (Å²) < 4.78 is 13.2. The van der Waals surface area contributed by atoms with E-state index in [0.717, 1.165) is 25.9 Å². The maximum Gasteiger partial charge on any atom is 0.410 e. The summed E-state index contributed by atoms with van der Waals surface area (Å²) in [6, 6.07) is 0. The summed E-state index contributed by atoms with van der Waals surface area (Å²) in [7, 11) is 1.95. The molecule has 7 nitrogen and oxygen atoms in total. The molecule has 142 valence electrons. The lowest BCUT2D eigenvalue weighted by molar-refractivity contribution is -0.0104. The first-order chi connectivity index (χ1) is 11.8. The zero-order valence-corrected chi connectivity index (χ0v) is 16.2. The minimum absolute atomic E-state index is 0.223. The van der Waals surface area contributed by atoms with Gasteiger partial charge in [-0.15, -0.1) is 0 Å². The largest absolute Gasteiger partial charge is 0.444 e. The zero-order chi connectivity index (χ0) is 18.4. The monoisotopic (exact) mass is 352 g/mol. The van der Waals surface area contributed by atoms with Crippen LogP contribution in [0.4, 0.5) is 4.79 Å². The molecule has 0 aromatic carbocycles. The quantitative estimate of drug-likeness (QED) is 0.795. The first-order valence-electron chi connectivity index (χ1n) is 9.04. The predicted molar refractivity (Wildman–Crippen MR) is 96.4 cm³/mol. The average molecular weight is 352 g/mol. The Bertz CT molecular complexity index is 557. The third-order valence-electron chi connectivity index (χ3n) is 4.38. The summed E-state index contributed by atoms with van der Waals surface area (Å²) >= 11 is 0. The fourth-order valence-electron chi connectivity index (χ4n) is 2.77. The normalized spacial score (nSPS) is 16.3. The lowest BCUT2D eigenvalue weighted by Crippen LogP contribution is -2.43. The highest BCUT2D eigenvalue weighted by molar-refractivity contribution is 5.68. The molecule has 1 aromatic rings. The van der Waals surface area contributed by atoms with Crippen LogP contribution in [0.3, 0.4) is 0 Å². The van der Waals surface area contributed by atoms with Gasteiger partial charge in [-0.25, -0.2) is 4.79 Å². The van der Waals surface area contributed by atoms with E-state index >= 15 is 0 Å². The standard InChI is InChI=1S/C18H32N4O3/c1-14-15(13-20-21(14)5)12-19-8-11-24-16-6-9-22(10-7-16)17(23)25-18(2,3)4/h13,16,19H,6-12H2,1-5H3. The summed E-state index contributed by atoms with van der Waals surface area (Å²) in [6.07, 6.45) is 3.62. The van der Waals surface area contributed by atoms with Gasteiger partial charge in [-0.3, -0.25) is 4.68 Å². The van der Waals surface area contributed by atoms with E-state index in [0.29, 0.717) is 19.7 Å². The molecule has 0 aliphatic carbocycles. The van der Waals surface area contributed by atoms with Gasteiger partial charge in [0.15, 0.2) is 0 Å². The van der Waals surface area contributed by atoms with E-state index in [9.17, 15) is 4.79 Å². The van der Waals surface area contributed by atoms with Crippen LogP contribution in [0.5, 0.6) is 0 Å². The maximum atomic E-state index is 12.0. The molecule has 1 N–H and O–H groups in total. The van der Waals surface area contributed by atoms with Crippen molar-refractivity contribution in [3.63, 3.8) is 0 Å².